The van der Waals surface area contributed by atoms with E-state index in [2.05, 4.69) is 10.4 Å². The van der Waals surface area contributed by atoms with Crippen LogP contribution in [0.25, 0.3) is 0 Å². The Morgan fingerprint density at radius 3 is 2.60 bits per heavy atom. The lowest BCUT2D eigenvalue weighted by Crippen LogP contribution is -2.15. The molecule has 0 aliphatic carbocycles. The van der Waals surface area contributed by atoms with E-state index in [-0.39, 0.29) is 18.1 Å². The molecule has 1 aromatic heterocycles. The van der Waals surface area contributed by atoms with E-state index < -0.39 is 5.97 Å². The van der Waals surface area contributed by atoms with Gasteiger partial charge >= 0.3 is 5.97 Å². The zero-order chi connectivity index (χ0) is 18.6. The van der Waals surface area contributed by atoms with Crippen molar-refractivity contribution >= 4 is 17.6 Å². The van der Waals surface area contributed by atoms with Crippen molar-refractivity contribution in [2.75, 3.05) is 12.4 Å². The molecule has 0 bridgehead atoms. The van der Waals surface area contributed by atoms with Crippen molar-refractivity contribution < 1.29 is 19.4 Å². The van der Waals surface area contributed by atoms with E-state index in [0.29, 0.717) is 22.5 Å². The number of carboxylic acid groups (broad SMARTS) is 1. The monoisotopic (exact) mass is 345 g/mol. The second kappa shape index (κ2) is 7.94. The molecule has 0 spiro atoms. The lowest BCUT2D eigenvalue weighted by molar-refractivity contribution is 0.0696. The van der Waals surface area contributed by atoms with Gasteiger partial charge in [0.15, 0.2) is 0 Å². The molecule has 1 heterocycles. The van der Waals surface area contributed by atoms with E-state index in [1.54, 1.807) is 13.0 Å². The SMILES string of the molecule is CCCn1nc(C)c(C(=O)Nc2cc(COC)cc(C(=O)O)c2)c1C. The van der Waals surface area contributed by atoms with Gasteiger partial charge < -0.3 is 15.2 Å². The standard InChI is InChI=1S/C18H23N3O4/c1-5-6-21-12(3)16(11(2)20-21)17(22)19-15-8-13(10-25-4)7-14(9-15)18(23)24/h7-9H,5-6,10H2,1-4H3,(H,19,22)(H,23,24). The van der Waals surface area contributed by atoms with E-state index in [1.165, 1.54) is 19.2 Å². The van der Waals surface area contributed by atoms with Crippen molar-refractivity contribution in [2.24, 2.45) is 0 Å². The fourth-order valence-corrected chi connectivity index (χ4v) is 2.79. The maximum absolute atomic E-state index is 12.7. The Labute approximate surface area is 146 Å². The second-order valence-corrected chi connectivity index (χ2v) is 5.88. The Hall–Kier alpha value is -2.67. The molecule has 0 atom stereocenters. The Bertz CT molecular complexity index is 796. The molecule has 0 unspecified atom stereocenters. The maximum Gasteiger partial charge on any atom is 0.335 e. The van der Waals surface area contributed by atoms with E-state index in [0.717, 1.165) is 18.7 Å². The van der Waals surface area contributed by atoms with Crippen LogP contribution in [0.4, 0.5) is 5.69 Å². The summed E-state index contributed by atoms with van der Waals surface area (Å²) in [5.74, 6) is -1.36. The Morgan fingerprint density at radius 2 is 2.00 bits per heavy atom. The van der Waals surface area contributed by atoms with Crippen LogP contribution in [0.15, 0.2) is 18.2 Å². The number of benzene rings is 1. The van der Waals surface area contributed by atoms with Crippen molar-refractivity contribution in [2.45, 2.75) is 40.3 Å². The molecule has 2 rings (SSSR count). The molecule has 0 aliphatic heterocycles. The normalized spacial score (nSPS) is 10.7. The highest BCUT2D eigenvalue weighted by atomic mass is 16.5. The number of carbonyl (C=O) groups excluding carboxylic acids is 1. The molecule has 134 valence electrons. The number of aryl methyl sites for hydroxylation is 2. The first-order valence-corrected chi connectivity index (χ1v) is 8.08. The predicted molar refractivity (Wildman–Crippen MR) is 94.1 cm³/mol. The number of rotatable bonds is 7. The van der Waals surface area contributed by atoms with Gasteiger partial charge in [-0.2, -0.15) is 5.10 Å². The summed E-state index contributed by atoms with van der Waals surface area (Å²) in [5.41, 5.74) is 3.15. The first kappa shape index (κ1) is 18.7. The molecule has 0 aliphatic rings. The van der Waals surface area contributed by atoms with Gasteiger partial charge in [-0.15, -0.1) is 0 Å². The van der Waals surface area contributed by atoms with Gasteiger partial charge in [-0.1, -0.05) is 6.92 Å². The number of hydrogen-bond acceptors (Lipinski definition) is 4. The molecule has 0 saturated carbocycles. The van der Waals surface area contributed by atoms with Crippen LogP contribution in [0.1, 0.15) is 51.0 Å². The number of aromatic carboxylic acids is 1. The molecule has 7 heteroatoms. The van der Waals surface area contributed by atoms with Crippen molar-refractivity contribution in [3.05, 3.63) is 46.3 Å². The van der Waals surface area contributed by atoms with Gasteiger partial charge in [0.2, 0.25) is 0 Å². The van der Waals surface area contributed by atoms with Crippen LogP contribution in [0.2, 0.25) is 0 Å². The number of carbonyl (C=O) groups is 2. The third kappa shape index (κ3) is 4.24. The number of methoxy groups -OCH3 is 1. The first-order valence-electron chi connectivity index (χ1n) is 8.08. The number of ether oxygens (including phenoxy) is 1. The number of carboxylic acids is 1. The Kier molecular flexibility index (Phi) is 5.93. The highest BCUT2D eigenvalue weighted by Crippen LogP contribution is 2.20. The maximum atomic E-state index is 12.7. The molecule has 0 radical (unpaired) electrons. The molecular weight excluding hydrogens is 322 g/mol. The number of anilines is 1. The summed E-state index contributed by atoms with van der Waals surface area (Å²) < 4.78 is 6.87. The fourth-order valence-electron chi connectivity index (χ4n) is 2.79. The van der Waals surface area contributed by atoms with E-state index in [9.17, 15) is 14.7 Å². The summed E-state index contributed by atoms with van der Waals surface area (Å²) in [7, 11) is 1.53. The summed E-state index contributed by atoms with van der Waals surface area (Å²) in [5, 5.41) is 16.4. The van der Waals surface area contributed by atoms with Crippen molar-refractivity contribution in [1.29, 1.82) is 0 Å². The van der Waals surface area contributed by atoms with Crippen LogP contribution < -0.4 is 5.32 Å². The van der Waals surface area contributed by atoms with Gasteiger partial charge in [0.25, 0.3) is 5.91 Å². The summed E-state index contributed by atoms with van der Waals surface area (Å²) >= 11 is 0. The highest BCUT2D eigenvalue weighted by Gasteiger charge is 2.19. The van der Waals surface area contributed by atoms with Crippen LogP contribution in [0.5, 0.6) is 0 Å². The summed E-state index contributed by atoms with van der Waals surface area (Å²) in [6, 6.07) is 4.66. The summed E-state index contributed by atoms with van der Waals surface area (Å²) in [4.78, 5) is 24.0. The molecular formula is C18H23N3O4. The molecule has 1 aromatic carbocycles. The minimum Gasteiger partial charge on any atom is -0.478 e. The molecule has 0 saturated heterocycles. The molecule has 2 N–H and O–H groups in total. The first-order chi connectivity index (χ1) is 11.9. The lowest BCUT2D eigenvalue weighted by Gasteiger charge is -2.10. The van der Waals surface area contributed by atoms with Crippen LogP contribution >= 0.6 is 0 Å². The third-order valence-electron chi connectivity index (χ3n) is 3.85. The zero-order valence-electron chi connectivity index (χ0n) is 14.9. The minimum atomic E-state index is -1.06. The summed E-state index contributed by atoms with van der Waals surface area (Å²) in [6.45, 7) is 6.69. The predicted octanol–water partition coefficient (Wildman–Crippen LogP) is 3.01. The number of aromatic nitrogens is 2. The average Bonchev–Trinajstić information content (AvgIpc) is 2.82. The quantitative estimate of drug-likeness (QED) is 0.804. The lowest BCUT2D eigenvalue weighted by atomic mass is 10.1. The third-order valence-corrected chi connectivity index (χ3v) is 3.85. The van der Waals surface area contributed by atoms with E-state index in [1.807, 2.05) is 18.5 Å². The van der Waals surface area contributed by atoms with E-state index >= 15 is 0 Å². The van der Waals surface area contributed by atoms with Crippen LogP contribution in [0.3, 0.4) is 0 Å². The molecule has 0 fully saturated rings. The van der Waals surface area contributed by atoms with Crippen LogP contribution in [-0.2, 0) is 17.9 Å². The van der Waals surface area contributed by atoms with Crippen LogP contribution in [-0.4, -0.2) is 33.9 Å². The van der Waals surface area contributed by atoms with Crippen LogP contribution in [0, 0.1) is 13.8 Å². The number of amides is 1. The topological polar surface area (TPSA) is 93.5 Å². The van der Waals surface area contributed by atoms with Gasteiger partial charge in [0.1, 0.15) is 0 Å². The smallest absolute Gasteiger partial charge is 0.335 e. The number of nitrogens with zero attached hydrogens (tertiary/aromatic N) is 2. The van der Waals surface area contributed by atoms with E-state index in [4.69, 9.17) is 4.74 Å². The zero-order valence-corrected chi connectivity index (χ0v) is 14.9. The largest absolute Gasteiger partial charge is 0.478 e. The summed E-state index contributed by atoms with van der Waals surface area (Å²) in [6.07, 6.45) is 0.921. The Balaban J connectivity index is 2.33. The Morgan fingerprint density at radius 1 is 1.28 bits per heavy atom. The molecule has 7 nitrogen and oxygen atoms in total. The van der Waals surface area contributed by atoms with Crippen molar-refractivity contribution in [3.8, 4) is 0 Å². The van der Waals surface area contributed by atoms with Gasteiger partial charge in [0.05, 0.1) is 23.4 Å². The highest BCUT2D eigenvalue weighted by molar-refractivity contribution is 6.06. The molecule has 25 heavy (non-hydrogen) atoms. The van der Waals surface area contributed by atoms with Gasteiger partial charge in [-0.25, -0.2) is 4.79 Å². The second-order valence-electron chi connectivity index (χ2n) is 5.88. The number of hydrogen-bond donors (Lipinski definition) is 2. The molecule has 2 aromatic rings. The van der Waals surface area contributed by atoms with Crippen molar-refractivity contribution in [3.63, 3.8) is 0 Å². The molecule has 1 amide bonds. The number of nitrogens with one attached hydrogen (secondary N) is 1. The van der Waals surface area contributed by atoms with Gasteiger partial charge in [-0.05, 0) is 44.0 Å². The van der Waals surface area contributed by atoms with Gasteiger partial charge in [0, 0.05) is 25.0 Å². The van der Waals surface area contributed by atoms with Crippen molar-refractivity contribution in [1.82, 2.24) is 9.78 Å². The minimum absolute atomic E-state index is 0.0972. The fraction of sp³-hybridized carbons (Fsp3) is 0.389. The average molecular weight is 345 g/mol. The van der Waals surface area contributed by atoms with Gasteiger partial charge in [-0.3, -0.25) is 9.48 Å².